The zero-order valence-electron chi connectivity index (χ0n) is 32.6. The second-order valence-corrected chi connectivity index (χ2v) is 15.3. The van der Waals surface area contributed by atoms with E-state index < -0.39 is 11.6 Å². The van der Waals surface area contributed by atoms with E-state index in [1.807, 2.05) is 75.4 Å². The van der Waals surface area contributed by atoms with E-state index in [0.717, 1.165) is 53.7 Å². The largest absolute Gasteiger partial charge is 0.492 e. The van der Waals surface area contributed by atoms with Gasteiger partial charge in [-0.15, -0.1) is 0 Å². The summed E-state index contributed by atoms with van der Waals surface area (Å²) in [4.78, 5) is 49.5. The number of urea groups is 1. The monoisotopic (exact) mass is 724 g/mol. The van der Waals surface area contributed by atoms with Crippen molar-refractivity contribution in [3.05, 3.63) is 82.3 Å². The van der Waals surface area contributed by atoms with E-state index in [1.54, 1.807) is 15.7 Å². The number of benzene rings is 2. The number of rotatable bonds is 12. The molecule has 3 amide bonds. The second-order valence-electron chi connectivity index (χ2n) is 15.3. The summed E-state index contributed by atoms with van der Waals surface area (Å²) in [5, 5.41) is 6.88. The van der Waals surface area contributed by atoms with Crippen LogP contribution in [-0.4, -0.2) is 76.4 Å². The Hall–Kier alpha value is -4.90. The molecule has 2 aromatic carbocycles. The number of fused-ring (bicyclic) bond motifs is 1. The fourth-order valence-electron chi connectivity index (χ4n) is 6.69. The maximum Gasteiger partial charge on any atom is 0.410 e. The number of hydrogen-bond donors (Lipinski definition) is 2. The van der Waals surface area contributed by atoms with Crippen molar-refractivity contribution in [2.75, 3.05) is 50.0 Å². The third-order valence-electron chi connectivity index (χ3n) is 9.43. The number of amides is 3. The molecule has 5 rings (SSSR count). The molecular weight excluding hydrogens is 668 g/mol. The number of nitrogens with zero attached hydrogens (tertiary/aromatic N) is 4. The highest BCUT2D eigenvalue weighted by Gasteiger charge is 2.26. The van der Waals surface area contributed by atoms with Gasteiger partial charge in [0.1, 0.15) is 29.3 Å². The first kappa shape index (κ1) is 39.3. The number of nitrogens with one attached hydrogen (secondary N) is 2. The third kappa shape index (κ3) is 9.75. The summed E-state index contributed by atoms with van der Waals surface area (Å²) in [5.74, 6) is 1.01. The Kier molecular flexibility index (Phi) is 12.8. The quantitative estimate of drug-likeness (QED) is 0.150. The van der Waals surface area contributed by atoms with Crippen molar-refractivity contribution in [1.82, 2.24) is 19.4 Å². The molecule has 53 heavy (non-hydrogen) atoms. The van der Waals surface area contributed by atoms with Crippen molar-refractivity contribution in [3.63, 3.8) is 0 Å². The van der Waals surface area contributed by atoms with Gasteiger partial charge < -0.3 is 25.0 Å². The van der Waals surface area contributed by atoms with Crippen LogP contribution in [0, 0.1) is 0 Å². The molecule has 0 spiro atoms. The van der Waals surface area contributed by atoms with Gasteiger partial charge in [-0.1, -0.05) is 71.4 Å². The fraction of sp³-hybridized carbons (Fsp3) is 0.476. The predicted molar refractivity (Wildman–Crippen MR) is 213 cm³/mol. The molecule has 2 N–H and O–H groups in total. The molecule has 0 bridgehead atoms. The highest BCUT2D eigenvalue weighted by molar-refractivity contribution is 6.07. The van der Waals surface area contributed by atoms with Gasteiger partial charge in [0.15, 0.2) is 0 Å². The smallest absolute Gasteiger partial charge is 0.410 e. The number of para-hydroxylation sites is 1. The number of anilines is 2. The van der Waals surface area contributed by atoms with Crippen LogP contribution in [0.1, 0.15) is 91.2 Å². The first-order valence-corrected chi connectivity index (χ1v) is 18.9. The minimum Gasteiger partial charge on any atom is -0.492 e. The number of piperazine rings is 1. The Balaban J connectivity index is 1.42. The summed E-state index contributed by atoms with van der Waals surface area (Å²) in [6.45, 7) is 20.4. The molecule has 1 fully saturated rings. The number of carbonyl (C=O) groups excluding carboxylic acids is 2. The Bertz CT molecular complexity index is 1930. The number of aromatic nitrogens is 2. The first-order valence-electron chi connectivity index (χ1n) is 18.9. The van der Waals surface area contributed by atoms with Gasteiger partial charge >= 0.3 is 12.1 Å². The van der Waals surface area contributed by atoms with E-state index in [4.69, 9.17) is 9.47 Å². The molecule has 3 heterocycles. The molecule has 0 unspecified atom stereocenters. The van der Waals surface area contributed by atoms with Crippen molar-refractivity contribution < 1.29 is 19.1 Å². The van der Waals surface area contributed by atoms with E-state index >= 15 is 0 Å². The average molecular weight is 725 g/mol. The Morgan fingerprint density at radius 2 is 1.53 bits per heavy atom. The average Bonchev–Trinajstić information content (AvgIpc) is 3.11. The van der Waals surface area contributed by atoms with Gasteiger partial charge in [-0.2, -0.15) is 0 Å². The molecule has 1 aliphatic rings. The molecule has 1 saturated heterocycles. The lowest BCUT2D eigenvalue weighted by Crippen LogP contribution is -2.50. The Morgan fingerprint density at radius 3 is 2.17 bits per heavy atom. The van der Waals surface area contributed by atoms with Crippen LogP contribution in [0.15, 0.2) is 65.6 Å². The lowest BCUT2D eigenvalue weighted by atomic mass is 9.93. The van der Waals surface area contributed by atoms with E-state index in [-0.39, 0.29) is 29.2 Å². The minimum atomic E-state index is -0.523. The molecular formula is C42H56N6O5. The minimum absolute atomic E-state index is 0.183. The number of ether oxygens (including phenoxy) is 2. The number of aryl methyl sites for hydroxylation is 1. The van der Waals surface area contributed by atoms with Crippen molar-refractivity contribution in [2.24, 2.45) is 0 Å². The molecule has 0 saturated carbocycles. The SMILES string of the molecule is CCCCn1c(=O)c(NC(=O)Nc2c(C(C)C)cccc2C(C)C)c(-c2cccc(OCCN3CCN(C(=O)OC(C)(C)C)CC3)c2)c2cccnc21. The summed E-state index contributed by atoms with van der Waals surface area (Å²) >= 11 is 0. The topological polar surface area (TPSA) is 118 Å². The van der Waals surface area contributed by atoms with Gasteiger partial charge in [0.05, 0.1) is 0 Å². The zero-order valence-corrected chi connectivity index (χ0v) is 32.6. The van der Waals surface area contributed by atoms with Crippen LogP contribution in [0.25, 0.3) is 22.2 Å². The Morgan fingerprint density at radius 1 is 0.868 bits per heavy atom. The third-order valence-corrected chi connectivity index (χ3v) is 9.43. The van der Waals surface area contributed by atoms with E-state index in [1.165, 1.54) is 0 Å². The highest BCUT2D eigenvalue weighted by atomic mass is 16.6. The van der Waals surface area contributed by atoms with Crippen molar-refractivity contribution in [2.45, 2.75) is 92.2 Å². The van der Waals surface area contributed by atoms with Crippen molar-refractivity contribution >= 4 is 34.5 Å². The number of carbonyl (C=O) groups is 2. The maximum atomic E-state index is 14.4. The van der Waals surface area contributed by atoms with E-state index in [2.05, 4.69) is 55.1 Å². The molecule has 11 heteroatoms. The van der Waals surface area contributed by atoms with Crippen molar-refractivity contribution in [1.29, 1.82) is 0 Å². The molecule has 4 aromatic rings. The fourth-order valence-corrected chi connectivity index (χ4v) is 6.69. The van der Waals surface area contributed by atoms with E-state index in [9.17, 15) is 14.4 Å². The summed E-state index contributed by atoms with van der Waals surface area (Å²) in [6.07, 6.45) is 3.10. The zero-order chi connectivity index (χ0) is 38.3. The van der Waals surface area contributed by atoms with Crippen molar-refractivity contribution in [3.8, 4) is 16.9 Å². The van der Waals surface area contributed by atoms with Crippen LogP contribution in [0.3, 0.4) is 0 Å². The molecule has 0 radical (unpaired) electrons. The van der Waals surface area contributed by atoms with Gasteiger partial charge in [0, 0.05) is 62.1 Å². The van der Waals surface area contributed by atoms with Gasteiger partial charge in [-0.25, -0.2) is 14.6 Å². The van der Waals surface area contributed by atoms with Crippen LogP contribution in [-0.2, 0) is 11.3 Å². The lowest BCUT2D eigenvalue weighted by molar-refractivity contribution is 0.0137. The standard InChI is InChI=1S/C42H56N6O5/c1-9-10-20-48-38-34(18-13-19-43-38)35(37(39(48)49)45-40(50)44-36-32(28(2)3)16-12-17-33(36)29(4)5)30-14-11-15-31(27-30)52-26-25-46-21-23-47(24-22-46)41(51)53-42(6,7)8/h11-19,27-29H,9-10,20-26H2,1-8H3,(H2,44,45,50). The first-order chi connectivity index (χ1) is 25.3. The summed E-state index contributed by atoms with van der Waals surface area (Å²) in [6, 6.07) is 17.0. The van der Waals surface area contributed by atoms with Crippen LogP contribution >= 0.6 is 0 Å². The van der Waals surface area contributed by atoms with Gasteiger partial charge in [0.2, 0.25) is 0 Å². The Labute approximate surface area is 313 Å². The summed E-state index contributed by atoms with van der Waals surface area (Å²) in [7, 11) is 0. The molecule has 284 valence electrons. The summed E-state index contributed by atoms with van der Waals surface area (Å²) in [5.41, 5.74) is 4.07. The molecule has 0 aliphatic carbocycles. The normalized spacial score (nSPS) is 13.8. The van der Waals surface area contributed by atoms with Crippen LogP contribution in [0.4, 0.5) is 21.0 Å². The molecule has 2 aromatic heterocycles. The lowest BCUT2D eigenvalue weighted by Gasteiger charge is -2.35. The van der Waals surface area contributed by atoms with Gasteiger partial charge in [-0.05, 0) is 80.0 Å². The molecule has 11 nitrogen and oxygen atoms in total. The second kappa shape index (κ2) is 17.3. The van der Waals surface area contributed by atoms with E-state index in [0.29, 0.717) is 49.7 Å². The van der Waals surface area contributed by atoms with Crippen LogP contribution in [0.5, 0.6) is 5.75 Å². The number of unbranched alkanes of at least 4 members (excludes halogenated alkanes) is 1. The summed E-state index contributed by atoms with van der Waals surface area (Å²) < 4.78 is 13.5. The van der Waals surface area contributed by atoms with Crippen LogP contribution < -0.4 is 20.9 Å². The van der Waals surface area contributed by atoms with Gasteiger partial charge in [-0.3, -0.25) is 14.3 Å². The van der Waals surface area contributed by atoms with Gasteiger partial charge in [0.25, 0.3) is 5.56 Å². The molecule has 1 aliphatic heterocycles. The highest BCUT2D eigenvalue weighted by Crippen LogP contribution is 2.36. The maximum absolute atomic E-state index is 14.4. The predicted octanol–water partition coefficient (Wildman–Crippen LogP) is 8.69. The van der Waals surface area contributed by atoms with Crippen LogP contribution in [0.2, 0.25) is 0 Å². The number of hydrogen-bond acceptors (Lipinski definition) is 7. The number of pyridine rings is 2. The molecule has 0 atom stereocenters.